The number of carbonyl (C=O) groups excluding carboxylic acids is 1. The number of hydrogen-bond acceptors (Lipinski definition) is 1. The first kappa shape index (κ1) is 10.5. The summed E-state index contributed by atoms with van der Waals surface area (Å²) in [4.78, 5) is 12.9. The molecule has 0 bridgehead atoms. The zero-order chi connectivity index (χ0) is 8.85. The van der Waals surface area contributed by atoms with E-state index in [-0.39, 0.29) is 11.8 Å². The summed E-state index contributed by atoms with van der Waals surface area (Å²) in [5.74, 6) is 0.448. The molecule has 0 aromatic carbocycles. The second kappa shape index (κ2) is 5.16. The van der Waals surface area contributed by atoms with Crippen LogP contribution in [0.4, 0.5) is 0 Å². The Balaban J connectivity index is 3.64. The molecule has 0 saturated carbocycles. The van der Waals surface area contributed by atoms with Crippen LogP contribution in [-0.2, 0) is 4.79 Å². The van der Waals surface area contributed by atoms with Crippen molar-refractivity contribution in [3.8, 4) is 0 Å². The fourth-order valence-electron chi connectivity index (χ4n) is 1.07. The van der Waals surface area contributed by atoms with Crippen molar-refractivity contribution in [2.24, 2.45) is 5.92 Å². The predicted octanol–water partition coefficient (Wildman–Crippen LogP) is 1.90. The highest BCUT2D eigenvalue weighted by molar-refractivity contribution is 5.77. The molecule has 0 fully saturated rings. The third kappa shape index (κ3) is 4.02. The molecule has 0 unspecified atom stereocenters. The van der Waals surface area contributed by atoms with E-state index in [9.17, 15) is 4.79 Å². The van der Waals surface area contributed by atoms with E-state index in [2.05, 4.69) is 6.92 Å². The van der Waals surface area contributed by atoms with Crippen molar-refractivity contribution in [2.45, 2.75) is 33.1 Å². The van der Waals surface area contributed by atoms with E-state index in [1.54, 1.807) is 4.90 Å². The van der Waals surface area contributed by atoms with Crippen LogP contribution in [-0.4, -0.2) is 24.9 Å². The smallest absolute Gasteiger partial charge is 0.224 e. The van der Waals surface area contributed by atoms with Gasteiger partial charge in [-0.2, -0.15) is 0 Å². The van der Waals surface area contributed by atoms with Crippen LogP contribution < -0.4 is 0 Å². The van der Waals surface area contributed by atoms with Crippen LogP contribution in [0.15, 0.2) is 0 Å². The largest absolute Gasteiger partial charge is 0.349 e. The maximum atomic E-state index is 11.3. The molecule has 1 atom stereocenters. The standard InChI is InChI=1S/C9H19NO/c1-5-6-7-8(2)9(11)10(3)4/h8H,5-7H2,1-4H3/t8-/m0/s1. The fourth-order valence-corrected chi connectivity index (χ4v) is 1.07. The van der Waals surface area contributed by atoms with E-state index in [4.69, 9.17) is 0 Å². The van der Waals surface area contributed by atoms with Crippen molar-refractivity contribution < 1.29 is 4.79 Å². The molecule has 0 saturated heterocycles. The molecule has 2 heteroatoms. The van der Waals surface area contributed by atoms with Crippen molar-refractivity contribution in [3.63, 3.8) is 0 Å². The van der Waals surface area contributed by atoms with Gasteiger partial charge in [0.05, 0.1) is 0 Å². The maximum Gasteiger partial charge on any atom is 0.224 e. The van der Waals surface area contributed by atoms with Gasteiger partial charge in [-0.05, 0) is 6.42 Å². The van der Waals surface area contributed by atoms with Crippen molar-refractivity contribution >= 4 is 5.91 Å². The summed E-state index contributed by atoms with van der Waals surface area (Å²) in [5, 5.41) is 0. The Morgan fingerprint density at radius 1 is 1.45 bits per heavy atom. The van der Waals surface area contributed by atoms with Crippen LogP contribution in [0.25, 0.3) is 0 Å². The molecular formula is C9H19NO. The average molecular weight is 157 g/mol. The molecule has 0 aliphatic rings. The van der Waals surface area contributed by atoms with Gasteiger partial charge >= 0.3 is 0 Å². The van der Waals surface area contributed by atoms with E-state index in [1.807, 2.05) is 21.0 Å². The lowest BCUT2D eigenvalue weighted by Gasteiger charge is -2.15. The minimum Gasteiger partial charge on any atom is -0.349 e. The second-order valence-electron chi connectivity index (χ2n) is 3.28. The maximum absolute atomic E-state index is 11.3. The van der Waals surface area contributed by atoms with Crippen molar-refractivity contribution in [3.05, 3.63) is 0 Å². The molecule has 0 aliphatic carbocycles. The third-order valence-corrected chi connectivity index (χ3v) is 1.85. The van der Waals surface area contributed by atoms with Crippen LogP contribution in [0, 0.1) is 5.92 Å². The molecule has 1 amide bonds. The molecule has 0 radical (unpaired) electrons. The molecule has 0 spiro atoms. The molecule has 0 aromatic rings. The Morgan fingerprint density at radius 3 is 2.36 bits per heavy atom. The molecule has 66 valence electrons. The SMILES string of the molecule is CCCC[C@H](C)C(=O)N(C)C. The average Bonchev–Trinajstić information content (AvgIpc) is 1.98. The van der Waals surface area contributed by atoms with Crippen molar-refractivity contribution in [1.82, 2.24) is 4.90 Å². The monoisotopic (exact) mass is 157 g/mol. The first-order chi connectivity index (χ1) is 5.09. The minimum atomic E-state index is 0.199. The summed E-state index contributed by atoms with van der Waals surface area (Å²) in [7, 11) is 3.62. The van der Waals surface area contributed by atoms with Crippen LogP contribution in [0.1, 0.15) is 33.1 Å². The summed E-state index contributed by atoms with van der Waals surface area (Å²) in [5.41, 5.74) is 0. The summed E-state index contributed by atoms with van der Waals surface area (Å²) in [6.45, 7) is 4.14. The quantitative estimate of drug-likeness (QED) is 0.610. The van der Waals surface area contributed by atoms with E-state index in [1.165, 1.54) is 6.42 Å². The van der Waals surface area contributed by atoms with Crippen molar-refractivity contribution in [2.75, 3.05) is 14.1 Å². The van der Waals surface area contributed by atoms with Gasteiger partial charge in [-0.15, -0.1) is 0 Å². The van der Waals surface area contributed by atoms with Gasteiger partial charge in [0.15, 0.2) is 0 Å². The van der Waals surface area contributed by atoms with E-state index in [0.717, 1.165) is 12.8 Å². The fraction of sp³-hybridized carbons (Fsp3) is 0.889. The zero-order valence-electron chi connectivity index (χ0n) is 8.05. The molecule has 2 nitrogen and oxygen atoms in total. The molecule has 0 N–H and O–H groups in total. The summed E-state index contributed by atoms with van der Waals surface area (Å²) in [6, 6.07) is 0. The number of rotatable bonds is 4. The molecule has 0 aliphatic heterocycles. The first-order valence-electron chi connectivity index (χ1n) is 4.30. The summed E-state index contributed by atoms with van der Waals surface area (Å²) in [6.07, 6.45) is 3.35. The molecule has 0 heterocycles. The number of carbonyl (C=O) groups is 1. The van der Waals surface area contributed by atoms with Gasteiger partial charge in [0.2, 0.25) is 5.91 Å². The highest BCUT2D eigenvalue weighted by atomic mass is 16.2. The Bertz CT molecular complexity index is 121. The van der Waals surface area contributed by atoms with Gasteiger partial charge in [-0.3, -0.25) is 4.79 Å². The van der Waals surface area contributed by atoms with Crippen LogP contribution in [0.5, 0.6) is 0 Å². The number of hydrogen-bond donors (Lipinski definition) is 0. The van der Waals surface area contributed by atoms with Crippen molar-refractivity contribution in [1.29, 1.82) is 0 Å². The van der Waals surface area contributed by atoms with Crippen LogP contribution >= 0.6 is 0 Å². The third-order valence-electron chi connectivity index (χ3n) is 1.85. The number of amides is 1. The lowest BCUT2D eigenvalue weighted by atomic mass is 10.0. The van der Waals surface area contributed by atoms with E-state index >= 15 is 0 Å². The lowest BCUT2D eigenvalue weighted by Crippen LogP contribution is -2.27. The molecule has 0 rings (SSSR count). The molecule has 11 heavy (non-hydrogen) atoms. The highest BCUT2D eigenvalue weighted by Crippen LogP contribution is 2.09. The van der Waals surface area contributed by atoms with Gasteiger partial charge in [-0.25, -0.2) is 0 Å². The van der Waals surface area contributed by atoms with E-state index < -0.39 is 0 Å². The van der Waals surface area contributed by atoms with E-state index in [0.29, 0.717) is 0 Å². The second-order valence-corrected chi connectivity index (χ2v) is 3.28. The molecule has 0 aromatic heterocycles. The first-order valence-corrected chi connectivity index (χ1v) is 4.30. The number of unbranched alkanes of at least 4 members (excludes halogenated alkanes) is 1. The van der Waals surface area contributed by atoms with Crippen LogP contribution in [0.3, 0.4) is 0 Å². The van der Waals surface area contributed by atoms with Gasteiger partial charge in [0.25, 0.3) is 0 Å². The summed E-state index contributed by atoms with van der Waals surface area (Å²) < 4.78 is 0. The Labute approximate surface area is 69.6 Å². The van der Waals surface area contributed by atoms with Gasteiger partial charge in [0, 0.05) is 20.0 Å². The Kier molecular flexibility index (Phi) is 4.92. The number of nitrogens with zero attached hydrogens (tertiary/aromatic N) is 1. The van der Waals surface area contributed by atoms with Gasteiger partial charge in [0.1, 0.15) is 0 Å². The minimum absolute atomic E-state index is 0.199. The topological polar surface area (TPSA) is 20.3 Å². The summed E-state index contributed by atoms with van der Waals surface area (Å²) >= 11 is 0. The highest BCUT2D eigenvalue weighted by Gasteiger charge is 2.12. The van der Waals surface area contributed by atoms with Crippen LogP contribution in [0.2, 0.25) is 0 Å². The Morgan fingerprint density at radius 2 is 2.00 bits per heavy atom. The molecular weight excluding hydrogens is 138 g/mol. The predicted molar refractivity (Wildman–Crippen MR) is 47.4 cm³/mol. The van der Waals surface area contributed by atoms with Gasteiger partial charge in [-0.1, -0.05) is 26.7 Å². The van der Waals surface area contributed by atoms with Gasteiger partial charge < -0.3 is 4.90 Å². The lowest BCUT2D eigenvalue weighted by molar-refractivity contribution is -0.132. The normalized spacial score (nSPS) is 12.7. The zero-order valence-corrected chi connectivity index (χ0v) is 8.05. The Hall–Kier alpha value is -0.530.